The van der Waals surface area contributed by atoms with Gasteiger partial charge in [0.1, 0.15) is 11.6 Å². The summed E-state index contributed by atoms with van der Waals surface area (Å²) >= 11 is 6.13. The van der Waals surface area contributed by atoms with Crippen molar-refractivity contribution >= 4 is 17.3 Å². The van der Waals surface area contributed by atoms with Crippen molar-refractivity contribution in [2.75, 3.05) is 19.0 Å². The molecule has 0 radical (unpaired) electrons. The Kier molecular flexibility index (Phi) is 5.24. The number of nitrogens with one attached hydrogen (secondary N) is 1. The lowest BCUT2D eigenvalue weighted by Gasteiger charge is -2.12. The van der Waals surface area contributed by atoms with Crippen LogP contribution in [-0.4, -0.2) is 28.4 Å². The van der Waals surface area contributed by atoms with Crippen LogP contribution in [0.25, 0.3) is 17.1 Å². The summed E-state index contributed by atoms with van der Waals surface area (Å²) < 4.78 is 7.40. The van der Waals surface area contributed by atoms with Crippen LogP contribution >= 0.6 is 11.6 Å². The largest absolute Gasteiger partial charge is 0.497 e. The summed E-state index contributed by atoms with van der Waals surface area (Å²) in [6, 6.07) is 13.6. The van der Waals surface area contributed by atoms with Gasteiger partial charge in [0.15, 0.2) is 5.82 Å². The quantitative estimate of drug-likeness (QED) is 0.729. The van der Waals surface area contributed by atoms with Gasteiger partial charge in [-0.15, -0.1) is 10.2 Å². The molecule has 0 atom stereocenters. The molecule has 0 unspecified atom stereocenters. The number of aromatic nitrogens is 3. The van der Waals surface area contributed by atoms with Gasteiger partial charge in [0.05, 0.1) is 18.5 Å². The van der Waals surface area contributed by atoms with E-state index in [2.05, 4.69) is 20.1 Å². The SMILES string of the molecule is CC.COc1cccc(-c2nnc3n2-c2ccc(Cl)cc2NCC3)c1. The third-order valence-electron chi connectivity index (χ3n) is 3.92. The number of anilines is 1. The molecule has 0 saturated heterocycles. The van der Waals surface area contributed by atoms with Crippen molar-refractivity contribution in [3.8, 4) is 22.8 Å². The van der Waals surface area contributed by atoms with Crippen LogP contribution in [0.5, 0.6) is 5.75 Å². The first kappa shape index (κ1) is 17.3. The molecular formula is C19H21ClN4O. The summed E-state index contributed by atoms with van der Waals surface area (Å²) in [5.41, 5.74) is 2.95. The topological polar surface area (TPSA) is 52.0 Å². The standard InChI is InChI=1S/C17H15ClN4O.C2H6/c1-23-13-4-2-3-11(9-13)17-21-20-16-7-8-19-14-10-12(18)5-6-15(14)22(16)17;1-2/h2-6,9-10,19H,7-8H2,1H3;1-2H3. The summed E-state index contributed by atoms with van der Waals surface area (Å²) in [4.78, 5) is 0. The Morgan fingerprint density at radius 1 is 1.12 bits per heavy atom. The minimum atomic E-state index is 0.704. The van der Waals surface area contributed by atoms with Crippen molar-refractivity contribution < 1.29 is 4.74 Å². The molecule has 2 heterocycles. The Bertz CT molecular complexity index is 876. The summed E-state index contributed by atoms with van der Waals surface area (Å²) in [5.74, 6) is 2.52. The number of benzene rings is 2. The maximum Gasteiger partial charge on any atom is 0.168 e. The molecule has 3 aromatic rings. The van der Waals surface area contributed by atoms with Crippen molar-refractivity contribution in [2.24, 2.45) is 0 Å². The fourth-order valence-electron chi connectivity index (χ4n) is 2.83. The highest BCUT2D eigenvalue weighted by molar-refractivity contribution is 6.31. The van der Waals surface area contributed by atoms with E-state index in [1.807, 2.05) is 56.3 Å². The number of hydrogen-bond donors (Lipinski definition) is 1. The number of hydrogen-bond acceptors (Lipinski definition) is 4. The van der Waals surface area contributed by atoms with Crippen molar-refractivity contribution in [3.63, 3.8) is 0 Å². The fourth-order valence-corrected chi connectivity index (χ4v) is 3.01. The number of fused-ring (bicyclic) bond motifs is 3. The van der Waals surface area contributed by atoms with Crippen molar-refractivity contribution in [1.82, 2.24) is 14.8 Å². The highest BCUT2D eigenvalue weighted by Crippen LogP contribution is 2.32. The zero-order valence-corrected chi connectivity index (χ0v) is 15.3. The van der Waals surface area contributed by atoms with Gasteiger partial charge in [0, 0.05) is 23.6 Å². The Morgan fingerprint density at radius 2 is 1.96 bits per heavy atom. The van der Waals surface area contributed by atoms with Crippen molar-refractivity contribution in [1.29, 1.82) is 0 Å². The van der Waals surface area contributed by atoms with E-state index in [1.165, 1.54) is 0 Å². The van der Waals surface area contributed by atoms with Gasteiger partial charge in [-0.25, -0.2) is 0 Å². The van der Waals surface area contributed by atoms with Gasteiger partial charge in [-0.2, -0.15) is 0 Å². The van der Waals surface area contributed by atoms with Crippen LogP contribution in [0.3, 0.4) is 0 Å². The van der Waals surface area contributed by atoms with E-state index in [1.54, 1.807) is 7.11 Å². The first-order chi connectivity index (χ1) is 12.3. The minimum absolute atomic E-state index is 0.704. The van der Waals surface area contributed by atoms with Crippen LogP contribution < -0.4 is 10.1 Å². The molecule has 0 bridgehead atoms. The maximum absolute atomic E-state index is 6.13. The van der Waals surface area contributed by atoms with E-state index in [0.29, 0.717) is 5.02 Å². The second kappa shape index (κ2) is 7.57. The molecule has 2 aromatic carbocycles. The zero-order valence-electron chi connectivity index (χ0n) is 14.6. The normalized spacial score (nSPS) is 12.0. The van der Waals surface area contributed by atoms with Crippen molar-refractivity contribution in [3.05, 3.63) is 53.3 Å². The number of halogens is 1. The molecule has 1 aliphatic heterocycles. The van der Waals surface area contributed by atoms with Crippen LogP contribution in [0.15, 0.2) is 42.5 Å². The first-order valence-electron chi connectivity index (χ1n) is 8.39. The highest BCUT2D eigenvalue weighted by atomic mass is 35.5. The van der Waals surface area contributed by atoms with Crippen LogP contribution in [0.4, 0.5) is 5.69 Å². The lowest BCUT2D eigenvalue weighted by atomic mass is 10.2. The molecule has 1 N–H and O–H groups in total. The minimum Gasteiger partial charge on any atom is -0.497 e. The van der Waals surface area contributed by atoms with Crippen molar-refractivity contribution in [2.45, 2.75) is 20.3 Å². The number of ether oxygens (including phenoxy) is 1. The van der Waals surface area contributed by atoms with Gasteiger partial charge < -0.3 is 10.1 Å². The molecule has 4 rings (SSSR count). The highest BCUT2D eigenvalue weighted by Gasteiger charge is 2.20. The molecule has 0 amide bonds. The third-order valence-corrected chi connectivity index (χ3v) is 4.16. The summed E-state index contributed by atoms with van der Waals surface area (Å²) in [5, 5.41) is 12.9. The molecule has 25 heavy (non-hydrogen) atoms. The molecule has 0 aliphatic carbocycles. The van der Waals surface area contributed by atoms with Crippen LogP contribution in [0.2, 0.25) is 5.02 Å². The molecule has 0 saturated carbocycles. The Hall–Kier alpha value is -2.53. The number of methoxy groups -OCH3 is 1. The lowest BCUT2D eigenvalue weighted by molar-refractivity contribution is 0.415. The molecule has 0 fully saturated rings. The molecule has 1 aromatic heterocycles. The monoisotopic (exact) mass is 356 g/mol. The zero-order chi connectivity index (χ0) is 17.8. The van der Waals surface area contributed by atoms with E-state index < -0.39 is 0 Å². The second-order valence-electron chi connectivity index (χ2n) is 5.35. The van der Waals surface area contributed by atoms with Gasteiger partial charge in [-0.3, -0.25) is 4.57 Å². The Labute approximate surface area is 152 Å². The molecule has 0 spiro atoms. The van der Waals surface area contributed by atoms with Gasteiger partial charge in [-0.05, 0) is 30.3 Å². The average Bonchev–Trinajstić information content (AvgIpc) is 2.99. The van der Waals surface area contributed by atoms with Gasteiger partial charge >= 0.3 is 0 Å². The Balaban J connectivity index is 0.000000880. The second-order valence-corrected chi connectivity index (χ2v) is 5.78. The Morgan fingerprint density at radius 3 is 2.76 bits per heavy atom. The average molecular weight is 357 g/mol. The van der Waals surface area contributed by atoms with Gasteiger partial charge in [-0.1, -0.05) is 37.6 Å². The van der Waals surface area contributed by atoms with Crippen LogP contribution in [-0.2, 0) is 6.42 Å². The first-order valence-corrected chi connectivity index (χ1v) is 8.76. The number of nitrogens with zero attached hydrogens (tertiary/aromatic N) is 3. The summed E-state index contributed by atoms with van der Waals surface area (Å²) in [7, 11) is 1.66. The van der Waals surface area contributed by atoms with Crippen LogP contribution in [0.1, 0.15) is 19.7 Å². The molecule has 5 nitrogen and oxygen atoms in total. The predicted octanol–water partition coefficient (Wildman–Crippen LogP) is 4.59. The summed E-state index contributed by atoms with van der Waals surface area (Å²) in [6.45, 7) is 4.80. The lowest BCUT2D eigenvalue weighted by Crippen LogP contribution is -2.03. The predicted molar refractivity (Wildman–Crippen MR) is 102 cm³/mol. The smallest absolute Gasteiger partial charge is 0.168 e. The van der Waals surface area contributed by atoms with Gasteiger partial charge in [0.25, 0.3) is 0 Å². The molecule has 6 heteroatoms. The van der Waals surface area contributed by atoms with E-state index >= 15 is 0 Å². The van der Waals surface area contributed by atoms with E-state index in [0.717, 1.165) is 47.3 Å². The summed E-state index contributed by atoms with van der Waals surface area (Å²) in [6.07, 6.45) is 0.795. The fraction of sp³-hybridized carbons (Fsp3) is 0.263. The molecule has 1 aliphatic rings. The van der Waals surface area contributed by atoms with E-state index in [4.69, 9.17) is 16.3 Å². The maximum atomic E-state index is 6.13. The van der Waals surface area contributed by atoms with E-state index in [9.17, 15) is 0 Å². The van der Waals surface area contributed by atoms with Crippen LogP contribution in [0, 0.1) is 0 Å². The number of rotatable bonds is 2. The van der Waals surface area contributed by atoms with E-state index in [-0.39, 0.29) is 0 Å². The molecular weight excluding hydrogens is 336 g/mol. The molecule has 130 valence electrons. The third kappa shape index (κ3) is 3.33. The van der Waals surface area contributed by atoms with Gasteiger partial charge in [0.2, 0.25) is 0 Å².